The van der Waals surface area contributed by atoms with E-state index in [2.05, 4.69) is 10.5 Å². The fourth-order valence-corrected chi connectivity index (χ4v) is 3.28. The summed E-state index contributed by atoms with van der Waals surface area (Å²) in [6.45, 7) is 1.38. The number of rotatable bonds is 7. The lowest BCUT2D eigenvalue weighted by molar-refractivity contribution is -0.385. The Labute approximate surface area is 156 Å². The van der Waals surface area contributed by atoms with E-state index in [-0.39, 0.29) is 16.1 Å². The lowest BCUT2D eigenvalue weighted by Gasteiger charge is -2.16. The van der Waals surface area contributed by atoms with Gasteiger partial charge in [-0.25, -0.2) is 13.8 Å². The summed E-state index contributed by atoms with van der Waals surface area (Å²) in [6, 6.07) is 12.1. The monoisotopic (exact) mass is 390 g/mol. The Kier molecular flexibility index (Phi) is 6.37. The highest BCUT2D eigenvalue weighted by Crippen LogP contribution is 2.16. The van der Waals surface area contributed by atoms with Crippen LogP contribution in [0, 0.1) is 17.0 Å². The molecule has 27 heavy (non-hydrogen) atoms. The lowest BCUT2D eigenvalue weighted by atomic mass is 10.2. The van der Waals surface area contributed by atoms with Gasteiger partial charge in [0.2, 0.25) is 10.0 Å². The molecular weight excluding hydrogens is 372 g/mol. The van der Waals surface area contributed by atoms with Gasteiger partial charge in [-0.05, 0) is 25.1 Å². The maximum Gasteiger partial charge on any atom is 0.278 e. The maximum atomic E-state index is 12.4. The Balaban J connectivity index is 2.01. The molecule has 10 heteroatoms. The van der Waals surface area contributed by atoms with E-state index in [0.717, 1.165) is 16.1 Å². The number of nitrogens with one attached hydrogen (secondary N) is 1. The van der Waals surface area contributed by atoms with E-state index >= 15 is 0 Å². The van der Waals surface area contributed by atoms with E-state index in [1.54, 1.807) is 18.2 Å². The van der Waals surface area contributed by atoms with Gasteiger partial charge in [-0.3, -0.25) is 14.9 Å². The number of nitrogens with zero attached hydrogens (tertiary/aromatic N) is 3. The molecule has 2 rings (SSSR count). The molecule has 0 bridgehead atoms. The highest BCUT2D eigenvalue weighted by Gasteiger charge is 2.22. The van der Waals surface area contributed by atoms with Crippen LogP contribution in [0.5, 0.6) is 0 Å². The van der Waals surface area contributed by atoms with Crippen molar-refractivity contribution in [2.24, 2.45) is 5.10 Å². The molecule has 0 aromatic heterocycles. The summed E-state index contributed by atoms with van der Waals surface area (Å²) in [4.78, 5) is 22.4. The molecule has 0 fully saturated rings. The SMILES string of the molecule is Cc1ccc(S(=O)(=O)N(C)CC(=O)NN=Cc2ccccc2[N+](=O)[O-])cc1. The summed E-state index contributed by atoms with van der Waals surface area (Å²) in [6.07, 6.45) is 1.13. The summed E-state index contributed by atoms with van der Waals surface area (Å²) in [7, 11) is -2.54. The Morgan fingerprint density at radius 1 is 1.22 bits per heavy atom. The minimum atomic E-state index is -3.81. The number of hydrogen-bond acceptors (Lipinski definition) is 6. The summed E-state index contributed by atoms with van der Waals surface area (Å²) in [5.74, 6) is -0.678. The number of likely N-dealkylation sites (N-methyl/N-ethyl adjacent to an activating group) is 1. The average molecular weight is 390 g/mol. The molecule has 0 heterocycles. The van der Waals surface area contributed by atoms with Crippen molar-refractivity contribution >= 4 is 27.8 Å². The molecule has 0 radical (unpaired) electrons. The van der Waals surface area contributed by atoms with Crippen LogP contribution in [-0.4, -0.2) is 43.4 Å². The predicted molar refractivity (Wildman–Crippen MR) is 99.8 cm³/mol. The first-order chi connectivity index (χ1) is 12.7. The zero-order valence-corrected chi connectivity index (χ0v) is 15.5. The number of nitro groups is 1. The number of benzene rings is 2. The molecule has 142 valence electrons. The first kappa shape index (κ1) is 20.2. The predicted octanol–water partition coefficient (Wildman–Crippen LogP) is 1.67. The van der Waals surface area contributed by atoms with Crippen LogP contribution in [0.2, 0.25) is 0 Å². The summed E-state index contributed by atoms with van der Waals surface area (Å²) in [5, 5.41) is 14.6. The third-order valence-corrected chi connectivity index (χ3v) is 5.44. The number of nitro benzene ring substituents is 1. The number of aryl methyl sites for hydroxylation is 1. The van der Waals surface area contributed by atoms with Gasteiger partial charge in [-0.2, -0.15) is 9.41 Å². The molecule has 0 atom stereocenters. The molecule has 0 unspecified atom stereocenters. The van der Waals surface area contributed by atoms with Crippen LogP contribution in [0.1, 0.15) is 11.1 Å². The molecule has 0 aliphatic rings. The number of hydrazone groups is 1. The lowest BCUT2D eigenvalue weighted by Crippen LogP contribution is -2.36. The Bertz CT molecular complexity index is 971. The topological polar surface area (TPSA) is 122 Å². The molecule has 2 aromatic rings. The zero-order valence-electron chi connectivity index (χ0n) is 14.7. The van der Waals surface area contributed by atoms with Crippen molar-refractivity contribution in [1.29, 1.82) is 0 Å². The van der Waals surface area contributed by atoms with E-state index in [1.165, 1.54) is 37.4 Å². The van der Waals surface area contributed by atoms with Gasteiger partial charge in [0.25, 0.3) is 11.6 Å². The highest BCUT2D eigenvalue weighted by molar-refractivity contribution is 7.89. The van der Waals surface area contributed by atoms with E-state index in [9.17, 15) is 23.3 Å². The number of amides is 1. The molecule has 1 amide bonds. The number of carbonyl (C=O) groups is 1. The summed E-state index contributed by atoms with van der Waals surface area (Å²) >= 11 is 0. The van der Waals surface area contributed by atoms with Crippen LogP contribution < -0.4 is 5.43 Å². The number of hydrogen-bond donors (Lipinski definition) is 1. The minimum Gasteiger partial charge on any atom is -0.272 e. The van der Waals surface area contributed by atoms with Crippen molar-refractivity contribution in [1.82, 2.24) is 9.73 Å². The average Bonchev–Trinajstić information content (AvgIpc) is 2.62. The number of sulfonamides is 1. The third-order valence-electron chi connectivity index (χ3n) is 3.62. The van der Waals surface area contributed by atoms with Crippen molar-refractivity contribution in [3.63, 3.8) is 0 Å². The van der Waals surface area contributed by atoms with Crippen molar-refractivity contribution in [2.75, 3.05) is 13.6 Å². The largest absolute Gasteiger partial charge is 0.278 e. The van der Waals surface area contributed by atoms with Gasteiger partial charge < -0.3 is 0 Å². The van der Waals surface area contributed by atoms with Gasteiger partial charge in [0.05, 0.1) is 28.1 Å². The van der Waals surface area contributed by atoms with Gasteiger partial charge >= 0.3 is 0 Å². The molecule has 0 spiro atoms. The summed E-state index contributed by atoms with van der Waals surface area (Å²) in [5.41, 5.74) is 3.13. The standard InChI is InChI=1S/C17H18N4O5S/c1-13-7-9-15(10-8-13)27(25,26)20(2)12-17(22)19-18-11-14-5-3-4-6-16(14)21(23)24/h3-11H,12H2,1-2H3,(H,19,22). The number of para-hydroxylation sites is 1. The fourth-order valence-electron chi connectivity index (χ4n) is 2.15. The van der Waals surface area contributed by atoms with Crippen LogP contribution in [0.3, 0.4) is 0 Å². The van der Waals surface area contributed by atoms with Gasteiger partial charge in [0.15, 0.2) is 0 Å². The van der Waals surface area contributed by atoms with Crippen LogP contribution in [0.25, 0.3) is 0 Å². The van der Waals surface area contributed by atoms with E-state index in [1.807, 2.05) is 6.92 Å². The van der Waals surface area contributed by atoms with Crippen molar-refractivity contribution in [3.8, 4) is 0 Å². The third kappa shape index (κ3) is 5.19. The van der Waals surface area contributed by atoms with Crippen LogP contribution in [0.4, 0.5) is 5.69 Å². The van der Waals surface area contributed by atoms with Gasteiger partial charge in [0.1, 0.15) is 0 Å². The Hall–Kier alpha value is -3.11. The molecule has 0 saturated carbocycles. The van der Waals surface area contributed by atoms with Crippen molar-refractivity contribution in [3.05, 3.63) is 69.8 Å². The quantitative estimate of drug-likeness (QED) is 0.438. The normalized spacial score (nSPS) is 11.7. The molecule has 0 saturated heterocycles. The first-order valence-corrected chi connectivity index (χ1v) is 9.24. The Morgan fingerprint density at radius 2 is 1.85 bits per heavy atom. The zero-order chi connectivity index (χ0) is 20.0. The molecule has 0 aliphatic carbocycles. The second-order valence-corrected chi connectivity index (χ2v) is 7.73. The van der Waals surface area contributed by atoms with Gasteiger partial charge in [0, 0.05) is 13.1 Å². The van der Waals surface area contributed by atoms with Crippen molar-refractivity contribution in [2.45, 2.75) is 11.8 Å². The fraction of sp³-hybridized carbons (Fsp3) is 0.176. The molecule has 0 aliphatic heterocycles. The highest BCUT2D eigenvalue weighted by atomic mass is 32.2. The van der Waals surface area contributed by atoms with Crippen LogP contribution in [0.15, 0.2) is 58.5 Å². The molecular formula is C17H18N4O5S. The second kappa shape index (κ2) is 8.52. The Morgan fingerprint density at radius 3 is 2.48 bits per heavy atom. The van der Waals surface area contributed by atoms with Crippen LogP contribution >= 0.6 is 0 Å². The van der Waals surface area contributed by atoms with E-state index in [0.29, 0.717) is 0 Å². The molecule has 9 nitrogen and oxygen atoms in total. The van der Waals surface area contributed by atoms with E-state index in [4.69, 9.17) is 0 Å². The van der Waals surface area contributed by atoms with Crippen molar-refractivity contribution < 1.29 is 18.1 Å². The second-order valence-electron chi connectivity index (χ2n) is 5.68. The van der Waals surface area contributed by atoms with Gasteiger partial charge in [-0.15, -0.1) is 0 Å². The smallest absolute Gasteiger partial charge is 0.272 e. The maximum absolute atomic E-state index is 12.4. The first-order valence-electron chi connectivity index (χ1n) is 7.80. The summed E-state index contributed by atoms with van der Waals surface area (Å²) < 4.78 is 25.7. The van der Waals surface area contributed by atoms with Crippen LogP contribution in [-0.2, 0) is 14.8 Å². The van der Waals surface area contributed by atoms with E-state index < -0.39 is 27.4 Å². The molecule has 1 N–H and O–H groups in total. The van der Waals surface area contributed by atoms with Gasteiger partial charge in [-0.1, -0.05) is 29.8 Å². The number of carbonyl (C=O) groups excluding carboxylic acids is 1. The molecule has 2 aromatic carbocycles. The minimum absolute atomic E-state index is 0.0758.